The number of nitrogens with one attached hydrogen (secondary N) is 1. The number of hydrogen-bond acceptors (Lipinski definition) is 2. The SMILES string of the molecule is CC(C)(C)P(CN1[C]NC(C23CC4CC(CC(C4)C2)C3)=C1)c1ccccc1. The first kappa shape index (κ1) is 18.0. The Morgan fingerprint density at radius 1 is 1.04 bits per heavy atom. The highest BCUT2D eigenvalue weighted by Crippen LogP contribution is 2.62. The topological polar surface area (TPSA) is 15.3 Å². The summed E-state index contributed by atoms with van der Waals surface area (Å²) in [6.45, 7) is 10.7. The van der Waals surface area contributed by atoms with E-state index in [0.717, 1.165) is 24.0 Å². The number of nitrogens with zero attached hydrogens (tertiary/aromatic N) is 1. The molecule has 4 aliphatic carbocycles. The van der Waals surface area contributed by atoms with Gasteiger partial charge in [-0.2, -0.15) is 0 Å². The molecule has 2 radical (unpaired) electrons. The Morgan fingerprint density at radius 3 is 2.19 bits per heavy atom. The molecule has 1 aromatic rings. The van der Waals surface area contributed by atoms with Gasteiger partial charge in [-0.1, -0.05) is 51.1 Å². The van der Waals surface area contributed by atoms with Crippen molar-refractivity contribution < 1.29 is 0 Å². The second-order valence-electron chi connectivity index (χ2n) is 10.5. The summed E-state index contributed by atoms with van der Waals surface area (Å²) >= 11 is 0. The molecule has 0 saturated heterocycles. The Balaban J connectivity index is 1.36. The van der Waals surface area contributed by atoms with Gasteiger partial charge in [-0.25, -0.2) is 0 Å². The lowest BCUT2D eigenvalue weighted by Gasteiger charge is -2.57. The molecule has 1 heterocycles. The van der Waals surface area contributed by atoms with E-state index in [9.17, 15) is 0 Å². The first-order chi connectivity index (χ1) is 12.9. The molecule has 4 fully saturated rings. The molecule has 0 aromatic heterocycles. The van der Waals surface area contributed by atoms with Crippen LogP contribution in [0.15, 0.2) is 42.2 Å². The van der Waals surface area contributed by atoms with E-state index in [1.165, 1.54) is 49.5 Å². The van der Waals surface area contributed by atoms with Gasteiger partial charge >= 0.3 is 0 Å². The molecule has 3 heteroatoms. The first-order valence-electron chi connectivity index (χ1n) is 10.7. The summed E-state index contributed by atoms with van der Waals surface area (Å²) in [7, 11) is -0.281. The van der Waals surface area contributed by atoms with E-state index in [2.05, 4.69) is 74.2 Å². The second kappa shape index (κ2) is 6.51. The Morgan fingerprint density at radius 2 is 1.63 bits per heavy atom. The third kappa shape index (κ3) is 3.33. The Bertz CT molecular complexity index is 682. The van der Waals surface area contributed by atoms with Crippen molar-refractivity contribution >= 4 is 13.2 Å². The lowest BCUT2D eigenvalue weighted by Crippen LogP contribution is -2.48. The van der Waals surface area contributed by atoms with Crippen LogP contribution in [0.3, 0.4) is 0 Å². The standard InChI is InChI=1S/C24H33N2P/c1-23(2,3)27(21-7-5-4-6-8-21)17-26-15-22(25-16-26)24-12-18-9-19(13-24)11-20(10-18)14-24/h4-8,15,18-20,25H,9-14,17H2,1-3H3. The number of benzene rings is 1. The van der Waals surface area contributed by atoms with Crippen molar-refractivity contribution in [2.75, 3.05) is 6.29 Å². The van der Waals surface area contributed by atoms with Crippen molar-refractivity contribution in [3.63, 3.8) is 0 Å². The highest BCUT2D eigenvalue weighted by atomic mass is 31.1. The molecule has 1 unspecified atom stereocenters. The van der Waals surface area contributed by atoms with Crippen LogP contribution < -0.4 is 10.6 Å². The Hall–Kier alpha value is -1.01. The lowest BCUT2D eigenvalue weighted by atomic mass is 9.49. The number of allylic oxidation sites excluding steroid dienone is 1. The number of hydrogen-bond donors (Lipinski definition) is 1. The van der Waals surface area contributed by atoms with Gasteiger partial charge in [-0.05, 0) is 74.7 Å². The summed E-state index contributed by atoms with van der Waals surface area (Å²) in [5.41, 5.74) is 1.92. The van der Waals surface area contributed by atoms with Crippen molar-refractivity contribution in [3.05, 3.63) is 48.9 Å². The van der Waals surface area contributed by atoms with Gasteiger partial charge < -0.3 is 10.2 Å². The van der Waals surface area contributed by atoms with Gasteiger partial charge in [-0.3, -0.25) is 0 Å². The maximum atomic E-state index is 3.62. The minimum Gasteiger partial charge on any atom is -0.357 e. The van der Waals surface area contributed by atoms with Crippen molar-refractivity contribution in [2.24, 2.45) is 23.2 Å². The fourth-order valence-electron chi connectivity index (χ4n) is 6.58. The smallest absolute Gasteiger partial charge is 0.205 e. The van der Waals surface area contributed by atoms with Crippen LogP contribution in [0, 0.1) is 29.8 Å². The van der Waals surface area contributed by atoms with Crippen LogP contribution in [-0.4, -0.2) is 16.3 Å². The average Bonchev–Trinajstić information content (AvgIpc) is 3.08. The highest BCUT2D eigenvalue weighted by Gasteiger charge is 2.53. The molecule has 1 aliphatic heterocycles. The summed E-state index contributed by atoms with van der Waals surface area (Å²) < 4.78 is 0. The third-order valence-corrected chi connectivity index (χ3v) is 10.5. The number of rotatable bonds is 4. The van der Waals surface area contributed by atoms with Crippen LogP contribution in [0.4, 0.5) is 0 Å². The maximum Gasteiger partial charge on any atom is 0.205 e. The van der Waals surface area contributed by atoms with Crippen LogP contribution in [-0.2, 0) is 0 Å². The Labute approximate surface area is 166 Å². The van der Waals surface area contributed by atoms with Gasteiger partial charge in [-0.15, -0.1) is 0 Å². The molecule has 4 bridgehead atoms. The van der Waals surface area contributed by atoms with Crippen molar-refractivity contribution in [1.82, 2.24) is 10.2 Å². The monoisotopic (exact) mass is 380 g/mol. The van der Waals surface area contributed by atoms with E-state index < -0.39 is 0 Å². The molecular weight excluding hydrogens is 347 g/mol. The molecule has 2 nitrogen and oxygen atoms in total. The zero-order chi connectivity index (χ0) is 18.6. The van der Waals surface area contributed by atoms with Gasteiger partial charge in [0.05, 0.1) is 0 Å². The summed E-state index contributed by atoms with van der Waals surface area (Å²) in [5, 5.41) is 5.41. The fraction of sp³-hybridized carbons (Fsp3) is 0.625. The summed E-state index contributed by atoms with van der Waals surface area (Å²) in [5.74, 6) is 2.97. The fourth-order valence-corrected chi connectivity index (χ4v) is 8.93. The van der Waals surface area contributed by atoms with Crippen LogP contribution in [0.5, 0.6) is 0 Å². The molecule has 1 N–H and O–H groups in total. The second-order valence-corrected chi connectivity index (χ2v) is 13.5. The van der Waals surface area contributed by atoms with E-state index in [4.69, 9.17) is 0 Å². The first-order valence-corrected chi connectivity index (χ1v) is 12.3. The minimum absolute atomic E-state index is 0.281. The average molecular weight is 381 g/mol. The van der Waals surface area contributed by atoms with Crippen LogP contribution in [0.25, 0.3) is 0 Å². The van der Waals surface area contributed by atoms with E-state index in [1.54, 1.807) is 0 Å². The van der Waals surface area contributed by atoms with Crippen molar-refractivity contribution in [3.8, 4) is 0 Å². The lowest BCUT2D eigenvalue weighted by molar-refractivity contribution is -0.0328. The minimum atomic E-state index is -0.281. The summed E-state index contributed by atoms with van der Waals surface area (Å²) in [6.07, 6.45) is 12.3. The molecular formula is C24H33N2P. The molecule has 6 rings (SSSR count). The molecule has 144 valence electrons. The van der Waals surface area contributed by atoms with Crippen molar-refractivity contribution in [1.29, 1.82) is 0 Å². The largest absolute Gasteiger partial charge is 0.357 e. The highest BCUT2D eigenvalue weighted by molar-refractivity contribution is 7.67. The maximum absolute atomic E-state index is 3.62. The molecule has 5 aliphatic rings. The van der Waals surface area contributed by atoms with Gasteiger partial charge in [0.2, 0.25) is 6.67 Å². The van der Waals surface area contributed by atoms with Gasteiger partial charge in [0.1, 0.15) is 0 Å². The molecule has 0 spiro atoms. The molecule has 27 heavy (non-hydrogen) atoms. The molecule has 0 amide bonds. The molecule has 4 saturated carbocycles. The zero-order valence-corrected chi connectivity index (χ0v) is 17.9. The predicted octanol–water partition coefficient (Wildman–Crippen LogP) is 5.51. The van der Waals surface area contributed by atoms with Gasteiger partial charge in [0.15, 0.2) is 0 Å². The molecule has 1 atom stereocenters. The molecule has 1 aromatic carbocycles. The summed E-state index contributed by atoms with van der Waals surface area (Å²) in [6, 6.07) is 11.1. The summed E-state index contributed by atoms with van der Waals surface area (Å²) in [4.78, 5) is 2.35. The van der Waals surface area contributed by atoms with Crippen LogP contribution in [0.2, 0.25) is 0 Å². The van der Waals surface area contributed by atoms with Crippen LogP contribution in [0.1, 0.15) is 59.3 Å². The third-order valence-electron chi connectivity index (χ3n) is 7.40. The van der Waals surface area contributed by atoms with Crippen molar-refractivity contribution in [2.45, 2.75) is 64.5 Å². The quantitative estimate of drug-likeness (QED) is 0.693. The predicted molar refractivity (Wildman–Crippen MR) is 115 cm³/mol. The van der Waals surface area contributed by atoms with E-state index in [0.29, 0.717) is 5.41 Å². The van der Waals surface area contributed by atoms with E-state index >= 15 is 0 Å². The normalized spacial score (nSPS) is 35.9. The van der Waals surface area contributed by atoms with Gasteiger partial charge in [0.25, 0.3) is 0 Å². The Kier molecular flexibility index (Phi) is 4.35. The van der Waals surface area contributed by atoms with E-state index in [-0.39, 0.29) is 13.1 Å². The van der Waals surface area contributed by atoms with E-state index in [1.807, 2.05) is 0 Å². The van der Waals surface area contributed by atoms with Crippen LogP contribution >= 0.6 is 7.92 Å². The van der Waals surface area contributed by atoms with Gasteiger partial charge in [0, 0.05) is 23.6 Å². The zero-order valence-electron chi connectivity index (χ0n) is 17.0.